The minimum Gasteiger partial charge on any atom is -0.338 e. The van der Waals surface area contributed by atoms with E-state index in [1.54, 1.807) is 30.9 Å². The van der Waals surface area contributed by atoms with E-state index < -0.39 is 10.0 Å². The van der Waals surface area contributed by atoms with Gasteiger partial charge in [-0.1, -0.05) is 6.07 Å². The molecule has 1 aromatic rings. The van der Waals surface area contributed by atoms with Crippen LogP contribution in [0.25, 0.3) is 0 Å². The lowest BCUT2D eigenvalue weighted by Crippen LogP contribution is -2.32. The zero-order valence-electron chi connectivity index (χ0n) is 13.9. The number of benzene rings is 1. The van der Waals surface area contributed by atoms with Crippen molar-refractivity contribution in [2.24, 2.45) is 5.92 Å². The first-order chi connectivity index (χ1) is 10.8. The van der Waals surface area contributed by atoms with Crippen LogP contribution in [0.2, 0.25) is 0 Å². The number of carbonyl (C=O) groups is 1. The number of nitrogens with zero attached hydrogens (tertiary/aromatic N) is 1. The minimum absolute atomic E-state index is 0.106. The maximum Gasteiger partial charge on any atom is 0.253 e. The van der Waals surface area contributed by atoms with Crippen molar-refractivity contribution in [3.05, 3.63) is 29.8 Å². The van der Waals surface area contributed by atoms with Gasteiger partial charge >= 0.3 is 0 Å². The van der Waals surface area contributed by atoms with Crippen LogP contribution in [0, 0.1) is 5.92 Å². The van der Waals surface area contributed by atoms with Gasteiger partial charge in [-0.25, -0.2) is 13.1 Å². The summed E-state index contributed by atoms with van der Waals surface area (Å²) in [5.41, 5.74) is 0.418. The van der Waals surface area contributed by atoms with Crippen molar-refractivity contribution in [1.29, 1.82) is 0 Å². The van der Waals surface area contributed by atoms with Crippen LogP contribution in [0.1, 0.15) is 30.6 Å². The Bertz CT molecular complexity index is 658. The van der Waals surface area contributed by atoms with Gasteiger partial charge in [0.15, 0.2) is 0 Å². The summed E-state index contributed by atoms with van der Waals surface area (Å²) in [5.74, 6) is 0.351. The number of rotatable bonds is 6. The van der Waals surface area contributed by atoms with Gasteiger partial charge in [-0.2, -0.15) is 0 Å². The van der Waals surface area contributed by atoms with E-state index in [4.69, 9.17) is 0 Å². The number of hydrogen-bond acceptors (Lipinski definition) is 4. The Morgan fingerprint density at radius 3 is 2.78 bits per heavy atom. The van der Waals surface area contributed by atoms with E-state index in [0.717, 1.165) is 13.0 Å². The molecule has 1 aromatic carbocycles. The minimum atomic E-state index is -3.59. The molecule has 1 unspecified atom stereocenters. The van der Waals surface area contributed by atoms with E-state index in [0.29, 0.717) is 24.6 Å². The summed E-state index contributed by atoms with van der Waals surface area (Å²) in [7, 11) is -1.69. The molecule has 1 aliphatic rings. The molecule has 0 saturated carbocycles. The van der Waals surface area contributed by atoms with E-state index in [9.17, 15) is 13.2 Å². The maximum absolute atomic E-state index is 12.6. The molecule has 128 valence electrons. The largest absolute Gasteiger partial charge is 0.338 e. The molecule has 23 heavy (non-hydrogen) atoms. The summed E-state index contributed by atoms with van der Waals surface area (Å²) in [5, 5.41) is 3.13. The van der Waals surface area contributed by atoms with Crippen molar-refractivity contribution in [2.75, 3.05) is 26.7 Å². The van der Waals surface area contributed by atoms with Crippen molar-refractivity contribution < 1.29 is 13.2 Å². The molecule has 1 fully saturated rings. The third-order valence-corrected chi connectivity index (χ3v) is 5.50. The monoisotopic (exact) mass is 339 g/mol. The summed E-state index contributed by atoms with van der Waals surface area (Å²) in [4.78, 5) is 14.5. The predicted molar refractivity (Wildman–Crippen MR) is 89.8 cm³/mol. The van der Waals surface area contributed by atoms with Crippen LogP contribution in [-0.2, 0) is 10.0 Å². The molecule has 0 aliphatic carbocycles. The highest BCUT2D eigenvalue weighted by Gasteiger charge is 2.27. The average Bonchev–Trinajstić information content (AvgIpc) is 2.94. The number of nitrogens with one attached hydrogen (secondary N) is 2. The first kappa shape index (κ1) is 17.9. The van der Waals surface area contributed by atoms with Crippen molar-refractivity contribution in [3.8, 4) is 0 Å². The molecule has 1 atom stereocenters. The molecule has 1 saturated heterocycles. The van der Waals surface area contributed by atoms with Crippen LogP contribution in [0.4, 0.5) is 0 Å². The number of amides is 1. The van der Waals surface area contributed by atoms with Gasteiger partial charge in [0.1, 0.15) is 0 Å². The van der Waals surface area contributed by atoms with Crippen LogP contribution in [-0.4, -0.2) is 51.9 Å². The molecule has 0 aromatic heterocycles. The molecule has 0 spiro atoms. The third kappa shape index (κ3) is 4.53. The van der Waals surface area contributed by atoms with Gasteiger partial charge in [-0.05, 0) is 58.0 Å². The number of carbonyl (C=O) groups excluding carboxylic acids is 1. The molecule has 2 N–H and O–H groups in total. The molecule has 1 amide bonds. The summed E-state index contributed by atoms with van der Waals surface area (Å²) in [6.07, 6.45) is 0.972. The van der Waals surface area contributed by atoms with Crippen LogP contribution in [0.3, 0.4) is 0 Å². The Labute approximate surface area is 138 Å². The predicted octanol–water partition coefficient (Wildman–Crippen LogP) is 1.05. The number of hydrogen-bond donors (Lipinski definition) is 2. The Morgan fingerprint density at radius 2 is 2.13 bits per heavy atom. The topological polar surface area (TPSA) is 78.5 Å². The highest BCUT2D eigenvalue weighted by atomic mass is 32.2. The molecule has 6 nitrogen and oxygen atoms in total. The van der Waals surface area contributed by atoms with Crippen molar-refractivity contribution in [3.63, 3.8) is 0 Å². The Balaban J connectivity index is 2.15. The second-order valence-corrected chi connectivity index (χ2v) is 7.98. The molecular weight excluding hydrogens is 314 g/mol. The molecule has 2 rings (SSSR count). The summed E-state index contributed by atoms with van der Waals surface area (Å²) < 4.78 is 27.0. The van der Waals surface area contributed by atoms with E-state index in [1.807, 2.05) is 7.05 Å². The van der Waals surface area contributed by atoms with Gasteiger partial charge in [0, 0.05) is 24.7 Å². The zero-order chi connectivity index (χ0) is 17.0. The fourth-order valence-electron chi connectivity index (χ4n) is 2.83. The van der Waals surface area contributed by atoms with Crippen LogP contribution in [0.15, 0.2) is 29.2 Å². The summed E-state index contributed by atoms with van der Waals surface area (Å²) >= 11 is 0. The van der Waals surface area contributed by atoms with Gasteiger partial charge < -0.3 is 10.2 Å². The lowest BCUT2D eigenvalue weighted by Gasteiger charge is -2.17. The molecule has 0 bridgehead atoms. The van der Waals surface area contributed by atoms with E-state index >= 15 is 0 Å². The second-order valence-electron chi connectivity index (χ2n) is 6.27. The van der Waals surface area contributed by atoms with E-state index in [1.165, 1.54) is 12.1 Å². The first-order valence-corrected chi connectivity index (χ1v) is 9.38. The smallest absolute Gasteiger partial charge is 0.253 e. The van der Waals surface area contributed by atoms with Crippen LogP contribution in [0.5, 0.6) is 0 Å². The Kier molecular flexibility index (Phi) is 5.78. The van der Waals surface area contributed by atoms with Gasteiger partial charge in [-0.3, -0.25) is 4.79 Å². The molecule has 7 heteroatoms. The Morgan fingerprint density at radius 1 is 1.39 bits per heavy atom. The van der Waals surface area contributed by atoms with Gasteiger partial charge in [0.2, 0.25) is 10.0 Å². The highest BCUT2D eigenvalue weighted by Crippen LogP contribution is 2.20. The van der Waals surface area contributed by atoms with Crippen molar-refractivity contribution in [2.45, 2.75) is 31.2 Å². The fraction of sp³-hybridized carbons (Fsp3) is 0.562. The normalized spacial score (nSPS) is 18.6. The molecule has 0 radical (unpaired) electrons. The van der Waals surface area contributed by atoms with Crippen LogP contribution < -0.4 is 10.0 Å². The van der Waals surface area contributed by atoms with Crippen LogP contribution >= 0.6 is 0 Å². The fourth-order valence-corrected chi connectivity index (χ4v) is 4.13. The molecule has 1 aliphatic heterocycles. The Hall–Kier alpha value is -1.44. The van der Waals surface area contributed by atoms with E-state index in [-0.39, 0.29) is 16.8 Å². The molecule has 1 heterocycles. The van der Waals surface area contributed by atoms with Crippen molar-refractivity contribution >= 4 is 15.9 Å². The van der Waals surface area contributed by atoms with Gasteiger partial charge in [0.25, 0.3) is 5.91 Å². The highest BCUT2D eigenvalue weighted by molar-refractivity contribution is 7.89. The maximum atomic E-state index is 12.6. The van der Waals surface area contributed by atoms with E-state index in [2.05, 4.69) is 10.0 Å². The average molecular weight is 339 g/mol. The SMILES string of the molecule is CNCC1CCN(C(=O)c2cccc(S(=O)(=O)NC(C)C)c2)C1. The zero-order valence-corrected chi connectivity index (χ0v) is 14.7. The summed E-state index contributed by atoms with van der Waals surface area (Å²) in [6.45, 7) is 5.83. The summed E-state index contributed by atoms with van der Waals surface area (Å²) in [6, 6.07) is 6.05. The van der Waals surface area contributed by atoms with Gasteiger partial charge in [-0.15, -0.1) is 0 Å². The number of sulfonamides is 1. The number of likely N-dealkylation sites (tertiary alicyclic amines) is 1. The lowest BCUT2D eigenvalue weighted by atomic mass is 10.1. The van der Waals surface area contributed by atoms with Gasteiger partial charge in [0.05, 0.1) is 4.90 Å². The third-order valence-electron chi connectivity index (χ3n) is 3.85. The van der Waals surface area contributed by atoms with Crippen molar-refractivity contribution in [1.82, 2.24) is 14.9 Å². The standard InChI is InChI=1S/C16H25N3O3S/c1-12(2)18-23(21,22)15-6-4-5-14(9-15)16(20)19-8-7-13(11-19)10-17-3/h4-6,9,12-13,17-18H,7-8,10-11H2,1-3H3. The lowest BCUT2D eigenvalue weighted by molar-refractivity contribution is 0.0787. The second kappa shape index (κ2) is 7.42. The first-order valence-electron chi connectivity index (χ1n) is 7.89. The molecular formula is C16H25N3O3S. The quantitative estimate of drug-likeness (QED) is 0.812.